The summed E-state index contributed by atoms with van der Waals surface area (Å²) >= 11 is -1.90. The van der Waals surface area contributed by atoms with Crippen LogP contribution in [0.3, 0.4) is 0 Å². The summed E-state index contributed by atoms with van der Waals surface area (Å²) in [6.07, 6.45) is 7.56. The zero-order valence-electron chi connectivity index (χ0n) is 8.66. The van der Waals surface area contributed by atoms with Gasteiger partial charge in [0.2, 0.25) is 0 Å². The predicted octanol–water partition coefficient (Wildman–Crippen LogP) is 2.18. The first kappa shape index (κ1) is 13.1. The van der Waals surface area contributed by atoms with E-state index in [0.717, 1.165) is 0 Å². The standard InChI is InChI=1S/C6H8.3CH3O.Ti/c1-6-4-2-3-5-6;3*1-2;/h2-4H,5H2,1H3;3*1H3;/q;3*-1;+3. The van der Waals surface area contributed by atoms with Crippen molar-refractivity contribution in [3.63, 3.8) is 0 Å². The van der Waals surface area contributed by atoms with Gasteiger partial charge in [0.25, 0.3) is 0 Å². The van der Waals surface area contributed by atoms with Crippen molar-refractivity contribution < 1.29 is 29.0 Å². The van der Waals surface area contributed by atoms with E-state index in [4.69, 9.17) is 9.96 Å². The van der Waals surface area contributed by atoms with E-state index < -0.39 is 19.0 Å². The van der Waals surface area contributed by atoms with Crippen molar-refractivity contribution in [2.24, 2.45) is 0 Å². The normalized spacial score (nSPS) is 13.4. The molecule has 75 valence electrons. The molecule has 0 spiro atoms. The third-order valence-corrected chi connectivity index (χ3v) is 3.02. The van der Waals surface area contributed by atoms with Crippen LogP contribution in [-0.2, 0) is 29.0 Å². The average Bonchev–Trinajstić information content (AvgIpc) is 2.60. The average molecular weight is 221 g/mol. The Kier molecular flexibility index (Phi) is 8.71. The van der Waals surface area contributed by atoms with E-state index in [1.54, 1.807) is 21.3 Å². The summed E-state index contributed by atoms with van der Waals surface area (Å²) in [7, 11) is 4.76. The van der Waals surface area contributed by atoms with Crippen LogP contribution in [0.25, 0.3) is 0 Å². The van der Waals surface area contributed by atoms with Gasteiger partial charge in [-0.2, -0.15) is 0 Å². The fraction of sp³-hybridized carbons (Fsp3) is 0.556. The molecular weight excluding hydrogens is 204 g/mol. The van der Waals surface area contributed by atoms with E-state index in [9.17, 15) is 0 Å². The Bertz CT molecular complexity index is 168. The zero-order chi connectivity index (χ0) is 10.1. The number of rotatable bonds is 3. The molecule has 13 heavy (non-hydrogen) atoms. The van der Waals surface area contributed by atoms with Gasteiger partial charge in [0.15, 0.2) is 0 Å². The first-order chi connectivity index (χ1) is 6.24. The van der Waals surface area contributed by atoms with Crippen LogP contribution in [0.15, 0.2) is 23.8 Å². The van der Waals surface area contributed by atoms with Gasteiger partial charge in [-0.05, 0) is 13.3 Å². The molecule has 0 N–H and O–H groups in total. The SMILES string of the molecule is CC1=CC=CC1.C[O][Ti]([O]C)[O]C. The van der Waals surface area contributed by atoms with Gasteiger partial charge in [-0.3, -0.25) is 0 Å². The maximum absolute atomic E-state index is 4.77. The Morgan fingerprint density at radius 2 is 1.69 bits per heavy atom. The molecule has 0 saturated heterocycles. The Balaban J connectivity index is 0.000000223. The first-order valence-electron chi connectivity index (χ1n) is 4.05. The van der Waals surface area contributed by atoms with Gasteiger partial charge >= 0.3 is 50.3 Å². The van der Waals surface area contributed by atoms with Crippen LogP contribution in [0, 0.1) is 0 Å². The summed E-state index contributed by atoms with van der Waals surface area (Å²) in [5.74, 6) is 0. The van der Waals surface area contributed by atoms with E-state index in [1.165, 1.54) is 12.0 Å². The number of allylic oxidation sites excluding steroid dienone is 4. The monoisotopic (exact) mass is 221 g/mol. The fourth-order valence-corrected chi connectivity index (χ4v) is 1.59. The first-order valence-corrected chi connectivity index (χ1v) is 5.97. The Morgan fingerprint density at radius 1 is 1.15 bits per heavy atom. The van der Waals surface area contributed by atoms with Gasteiger partial charge in [0.1, 0.15) is 0 Å². The van der Waals surface area contributed by atoms with Crippen molar-refractivity contribution in [3.8, 4) is 0 Å². The van der Waals surface area contributed by atoms with Crippen molar-refractivity contribution in [1.29, 1.82) is 0 Å². The zero-order valence-corrected chi connectivity index (χ0v) is 10.2. The molecule has 0 heterocycles. The Labute approximate surface area is 87.6 Å². The molecule has 1 aliphatic rings. The molecule has 0 aromatic heterocycles. The van der Waals surface area contributed by atoms with Crippen molar-refractivity contribution in [2.45, 2.75) is 13.3 Å². The predicted molar refractivity (Wildman–Crippen MR) is 48.5 cm³/mol. The molecule has 4 heteroatoms. The summed E-state index contributed by atoms with van der Waals surface area (Å²) in [4.78, 5) is 0. The summed E-state index contributed by atoms with van der Waals surface area (Å²) in [6.45, 7) is 2.14. The van der Waals surface area contributed by atoms with Gasteiger partial charge in [-0.15, -0.1) is 0 Å². The van der Waals surface area contributed by atoms with Gasteiger partial charge in [0, 0.05) is 0 Å². The van der Waals surface area contributed by atoms with E-state index in [2.05, 4.69) is 25.2 Å². The molecule has 0 aromatic rings. The molecular formula is C9H17O3Ti. The van der Waals surface area contributed by atoms with Crippen LogP contribution < -0.4 is 0 Å². The molecule has 0 aromatic carbocycles. The molecule has 0 bridgehead atoms. The van der Waals surface area contributed by atoms with Crippen LogP contribution in [0.5, 0.6) is 0 Å². The molecule has 0 atom stereocenters. The topological polar surface area (TPSA) is 27.7 Å². The summed E-state index contributed by atoms with van der Waals surface area (Å²) in [5.41, 5.74) is 1.47. The van der Waals surface area contributed by atoms with E-state index in [1.807, 2.05) is 0 Å². The Morgan fingerprint density at radius 3 is 1.77 bits per heavy atom. The number of hydrogen-bond acceptors (Lipinski definition) is 3. The second kappa shape index (κ2) is 8.66. The molecule has 0 radical (unpaired) electrons. The van der Waals surface area contributed by atoms with Crippen molar-refractivity contribution in [2.75, 3.05) is 21.3 Å². The van der Waals surface area contributed by atoms with E-state index in [0.29, 0.717) is 0 Å². The van der Waals surface area contributed by atoms with Crippen LogP contribution in [0.4, 0.5) is 0 Å². The van der Waals surface area contributed by atoms with Gasteiger partial charge in [-0.25, -0.2) is 0 Å². The van der Waals surface area contributed by atoms with Gasteiger partial charge in [-0.1, -0.05) is 23.8 Å². The molecule has 0 saturated carbocycles. The van der Waals surface area contributed by atoms with Crippen LogP contribution >= 0.6 is 0 Å². The molecule has 1 rings (SSSR count). The van der Waals surface area contributed by atoms with Crippen molar-refractivity contribution in [1.82, 2.24) is 0 Å². The second-order valence-electron chi connectivity index (χ2n) is 2.51. The molecule has 0 amide bonds. The summed E-state index contributed by atoms with van der Waals surface area (Å²) in [5, 5.41) is 0. The minimum absolute atomic E-state index is 1.17. The van der Waals surface area contributed by atoms with Gasteiger partial charge in [0.05, 0.1) is 0 Å². The molecule has 1 aliphatic carbocycles. The van der Waals surface area contributed by atoms with Crippen LogP contribution in [0.1, 0.15) is 13.3 Å². The maximum atomic E-state index is 4.77. The Hall–Kier alpha value is 0.0743. The van der Waals surface area contributed by atoms with Crippen LogP contribution in [0.2, 0.25) is 0 Å². The molecule has 0 unspecified atom stereocenters. The van der Waals surface area contributed by atoms with E-state index in [-0.39, 0.29) is 0 Å². The number of hydrogen-bond donors (Lipinski definition) is 0. The van der Waals surface area contributed by atoms with Gasteiger partial charge < -0.3 is 0 Å². The van der Waals surface area contributed by atoms with Crippen molar-refractivity contribution in [3.05, 3.63) is 23.8 Å². The third kappa shape index (κ3) is 7.17. The molecule has 0 fully saturated rings. The third-order valence-electron chi connectivity index (χ3n) is 1.46. The second-order valence-corrected chi connectivity index (χ2v) is 5.20. The molecule has 3 nitrogen and oxygen atoms in total. The summed E-state index contributed by atoms with van der Waals surface area (Å²) < 4.78 is 14.3. The van der Waals surface area contributed by atoms with Crippen molar-refractivity contribution >= 4 is 0 Å². The summed E-state index contributed by atoms with van der Waals surface area (Å²) in [6, 6.07) is 0. The minimum atomic E-state index is -1.90. The van der Waals surface area contributed by atoms with E-state index >= 15 is 0 Å². The molecule has 0 aliphatic heterocycles. The quantitative estimate of drug-likeness (QED) is 0.683. The fourth-order valence-electron chi connectivity index (χ4n) is 0.804. The van der Waals surface area contributed by atoms with Crippen LogP contribution in [-0.4, -0.2) is 21.3 Å².